The number of nitrogens with zero attached hydrogens (tertiary/aromatic N) is 6. The Labute approximate surface area is 436 Å². The fourth-order valence-corrected chi connectivity index (χ4v) is 12.7. The number of aromatic nitrogens is 4. The number of hydrogen-bond acceptors (Lipinski definition) is 6. The standard InChI is InChI=1S/C68H38N6O3/c1-3-15-42-48-29-26-47-41-18-7-12-23-55(41)74(64(47)66(48)75-56(42)4-2)65-59(38-32-34-71-35-33-38)51(36-69)60(72-53-21-10-5-16-39(53)45-27-30-49-43-19-8-13-24-57(43)76-67(49)62(45)72)52(37-70)61(65)73-54-22-11-6-17-40(54)46-28-31-50-44-20-9-14-25-58(44)77-68(50)63(46)73/h3-35H,1H2,2H3/b42-15-,56-4+. The lowest BCUT2D eigenvalue weighted by Crippen LogP contribution is -2.18. The van der Waals surface area contributed by atoms with Gasteiger partial charge in [0.2, 0.25) is 0 Å². The second kappa shape index (κ2) is 15.8. The lowest BCUT2D eigenvalue weighted by Gasteiger charge is -2.26. The van der Waals surface area contributed by atoms with Crippen LogP contribution in [-0.2, 0) is 0 Å². The largest absolute Gasteiger partial charge is 0.454 e. The SMILES string of the molecule is C=C/C=c1\c(=C/C)oc2c1ccc1c3ccccc3n(-c3c(-c4ccncc4)c(C#N)c(-n4c5ccccc5c5ccc6c7ccccc7oc6c54)c(C#N)c3-n3c4ccccc4c4ccc5c6ccccc6oc5c43)c12. The fourth-order valence-electron chi connectivity index (χ4n) is 12.7. The van der Waals surface area contributed by atoms with E-state index in [0.717, 1.165) is 109 Å². The third-order valence-electron chi connectivity index (χ3n) is 15.7. The summed E-state index contributed by atoms with van der Waals surface area (Å²) in [7, 11) is 0. The van der Waals surface area contributed by atoms with E-state index in [1.165, 1.54) is 0 Å². The van der Waals surface area contributed by atoms with Crippen LogP contribution in [0.4, 0.5) is 0 Å². The topological polar surface area (TPSA) is 115 Å². The van der Waals surface area contributed by atoms with Gasteiger partial charge in [-0.1, -0.05) is 128 Å². The first-order valence-corrected chi connectivity index (χ1v) is 25.5. The van der Waals surface area contributed by atoms with E-state index in [1.54, 1.807) is 18.5 Å². The van der Waals surface area contributed by atoms with Gasteiger partial charge in [0.1, 0.15) is 34.3 Å². The number of furan rings is 3. The third-order valence-corrected chi connectivity index (χ3v) is 15.7. The van der Waals surface area contributed by atoms with Crippen LogP contribution in [0.25, 0.3) is 161 Å². The van der Waals surface area contributed by atoms with Gasteiger partial charge >= 0.3 is 0 Å². The van der Waals surface area contributed by atoms with Crippen LogP contribution >= 0.6 is 0 Å². The Morgan fingerprint density at radius 3 is 1.36 bits per heavy atom. The molecule has 9 heteroatoms. The molecule has 0 saturated heterocycles. The van der Waals surface area contributed by atoms with Gasteiger partial charge in [0, 0.05) is 82.4 Å². The molecule has 0 saturated carbocycles. The van der Waals surface area contributed by atoms with Crippen molar-refractivity contribution in [2.24, 2.45) is 0 Å². The normalized spacial score (nSPS) is 12.7. The van der Waals surface area contributed by atoms with Crippen LogP contribution in [0.5, 0.6) is 0 Å². The second-order valence-corrected chi connectivity index (χ2v) is 19.5. The van der Waals surface area contributed by atoms with E-state index in [4.69, 9.17) is 13.3 Å². The maximum absolute atomic E-state index is 12.7. The molecule has 7 heterocycles. The minimum Gasteiger partial charge on any atom is -0.454 e. The van der Waals surface area contributed by atoms with Gasteiger partial charge in [-0.2, -0.15) is 10.5 Å². The van der Waals surface area contributed by atoms with E-state index in [2.05, 4.69) is 122 Å². The summed E-state index contributed by atoms with van der Waals surface area (Å²) < 4.78 is 27.6. The van der Waals surface area contributed by atoms with E-state index in [9.17, 15) is 10.5 Å². The molecule has 0 atom stereocenters. The molecule has 0 fully saturated rings. The number of benzene rings is 9. The second-order valence-electron chi connectivity index (χ2n) is 19.5. The Bertz CT molecular complexity index is 5530. The molecule has 0 amide bonds. The zero-order valence-corrected chi connectivity index (χ0v) is 41.2. The van der Waals surface area contributed by atoms with Crippen LogP contribution in [-0.4, -0.2) is 18.7 Å². The van der Waals surface area contributed by atoms with E-state index < -0.39 is 0 Å². The first-order valence-electron chi connectivity index (χ1n) is 25.5. The van der Waals surface area contributed by atoms with Gasteiger partial charge in [0.05, 0.1) is 55.7 Å². The van der Waals surface area contributed by atoms with Crippen LogP contribution in [0.3, 0.4) is 0 Å². The Balaban J connectivity index is 1.24. The number of nitriles is 2. The number of para-hydroxylation sites is 5. The molecule has 9 aromatic carbocycles. The Morgan fingerprint density at radius 2 is 0.870 bits per heavy atom. The number of pyridine rings is 1. The van der Waals surface area contributed by atoms with Gasteiger partial charge in [0.25, 0.3) is 0 Å². The van der Waals surface area contributed by atoms with Crippen LogP contribution in [0.1, 0.15) is 18.1 Å². The minimum atomic E-state index is 0.252. The van der Waals surface area contributed by atoms with Crippen molar-refractivity contribution in [3.63, 3.8) is 0 Å². The first kappa shape index (κ1) is 42.6. The summed E-state index contributed by atoms with van der Waals surface area (Å²) in [6.07, 6.45) is 9.24. The molecule has 0 aliphatic carbocycles. The Kier molecular flexibility index (Phi) is 8.75. The molecular weight excluding hydrogens is 949 g/mol. The van der Waals surface area contributed by atoms with Crippen molar-refractivity contribution < 1.29 is 13.3 Å². The highest BCUT2D eigenvalue weighted by Gasteiger charge is 2.35. The van der Waals surface area contributed by atoms with Crippen molar-refractivity contribution in [3.8, 4) is 40.3 Å². The summed E-state index contributed by atoms with van der Waals surface area (Å²) in [4.78, 5) is 4.54. The summed E-state index contributed by atoms with van der Waals surface area (Å²) >= 11 is 0. The zero-order chi connectivity index (χ0) is 51.2. The van der Waals surface area contributed by atoms with E-state index in [-0.39, 0.29) is 11.1 Å². The molecule has 9 nitrogen and oxygen atoms in total. The summed E-state index contributed by atoms with van der Waals surface area (Å²) in [5, 5.41) is 36.3. The lowest BCUT2D eigenvalue weighted by atomic mass is 9.91. The highest BCUT2D eigenvalue weighted by atomic mass is 16.3. The van der Waals surface area contributed by atoms with Gasteiger partial charge in [-0.05, 0) is 79.2 Å². The fraction of sp³-hybridized carbons (Fsp3) is 0.0147. The maximum Gasteiger partial charge on any atom is 0.160 e. The molecule has 16 rings (SSSR count). The molecule has 358 valence electrons. The van der Waals surface area contributed by atoms with E-state index in [1.807, 2.05) is 104 Å². The van der Waals surface area contributed by atoms with Gasteiger partial charge in [-0.3, -0.25) is 4.98 Å². The van der Waals surface area contributed by atoms with Crippen molar-refractivity contribution in [1.29, 1.82) is 10.5 Å². The van der Waals surface area contributed by atoms with Crippen LogP contribution in [0.15, 0.2) is 208 Å². The molecule has 0 radical (unpaired) electrons. The molecule has 0 aliphatic rings. The molecule has 16 aromatic rings. The molecule has 77 heavy (non-hydrogen) atoms. The smallest absolute Gasteiger partial charge is 0.160 e. The molecule has 7 aromatic heterocycles. The predicted molar refractivity (Wildman–Crippen MR) is 310 cm³/mol. The van der Waals surface area contributed by atoms with Gasteiger partial charge in [0.15, 0.2) is 16.7 Å². The summed E-state index contributed by atoms with van der Waals surface area (Å²) in [6, 6.07) is 63.3. The highest BCUT2D eigenvalue weighted by molar-refractivity contribution is 6.25. The number of hydrogen-bond donors (Lipinski definition) is 0. The number of rotatable bonds is 5. The predicted octanol–water partition coefficient (Wildman–Crippen LogP) is 16.1. The number of fused-ring (bicyclic) bond motifs is 19. The highest BCUT2D eigenvalue weighted by Crippen LogP contribution is 2.51. The average Bonchev–Trinajstić information content (AvgIpc) is 4.44. The molecule has 0 N–H and O–H groups in total. The van der Waals surface area contributed by atoms with Gasteiger partial charge < -0.3 is 27.0 Å². The van der Waals surface area contributed by atoms with Crippen molar-refractivity contribution in [2.45, 2.75) is 6.92 Å². The quantitative estimate of drug-likeness (QED) is 0.170. The molecule has 0 spiro atoms. The summed E-state index contributed by atoms with van der Waals surface area (Å²) in [5.41, 5.74) is 12.2. The summed E-state index contributed by atoms with van der Waals surface area (Å²) in [6.45, 7) is 6.05. The monoisotopic (exact) mass is 986 g/mol. The van der Waals surface area contributed by atoms with Crippen molar-refractivity contribution in [3.05, 3.63) is 217 Å². The van der Waals surface area contributed by atoms with Crippen molar-refractivity contribution in [2.75, 3.05) is 0 Å². The molecule has 0 aliphatic heterocycles. The van der Waals surface area contributed by atoms with Gasteiger partial charge in [-0.15, -0.1) is 0 Å². The van der Waals surface area contributed by atoms with Crippen LogP contribution in [0.2, 0.25) is 0 Å². The molecule has 0 bridgehead atoms. The number of allylic oxidation sites excluding steroid dienone is 1. The van der Waals surface area contributed by atoms with Crippen molar-refractivity contribution in [1.82, 2.24) is 18.7 Å². The Morgan fingerprint density at radius 1 is 0.442 bits per heavy atom. The minimum absolute atomic E-state index is 0.252. The van der Waals surface area contributed by atoms with E-state index in [0.29, 0.717) is 50.4 Å². The zero-order valence-electron chi connectivity index (χ0n) is 41.2. The maximum atomic E-state index is 12.7. The summed E-state index contributed by atoms with van der Waals surface area (Å²) in [5.74, 6) is 0. The lowest BCUT2D eigenvalue weighted by molar-refractivity contribution is 0.577. The van der Waals surface area contributed by atoms with Crippen LogP contribution in [0, 0.1) is 22.7 Å². The first-order chi connectivity index (χ1) is 38.1. The van der Waals surface area contributed by atoms with E-state index >= 15 is 0 Å². The van der Waals surface area contributed by atoms with Crippen LogP contribution < -0.4 is 10.6 Å². The average molecular weight is 987 g/mol. The third kappa shape index (κ3) is 5.56. The van der Waals surface area contributed by atoms with Gasteiger partial charge in [-0.25, -0.2) is 0 Å². The molecular formula is C68H38N6O3. The molecule has 0 unspecified atom stereocenters. The Hall–Kier alpha value is -10.9. The van der Waals surface area contributed by atoms with Crippen molar-refractivity contribution >= 4 is 132 Å².